The number of nitrogens with one attached hydrogen (secondary N) is 1. The van der Waals surface area contributed by atoms with E-state index in [1.165, 1.54) is 4.88 Å². The van der Waals surface area contributed by atoms with Crippen molar-refractivity contribution in [2.45, 2.75) is 6.54 Å². The first kappa shape index (κ1) is 13.8. The number of halogens is 4. The number of anilines is 1. The molecule has 2 nitrogen and oxygen atoms in total. The Hall–Kier alpha value is 0.380. The summed E-state index contributed by atoms with van der Waals surface area (Å²) in [5, 5.41) is 3.73. The van der Waals surface area contributed by atoms with Crippen LogP contribution in [0, 0.1) is 0 Å². The topological polar surface area (TPSA) is 24.9 Å². The summed E-state index contributed by atoms with van der Waals surface area (Å²) in [4.78, 5) is 5.26. The maximum atomic E-state index is 5.99. The minimum atomic E-state index is 0.475. The molecule has 0 fully saturated rings. The Balaban J connectivity index is 2.09. The highest BCUT2D eigenvalue weighted by Crippen LogP contribution is 2.33. The van der Waals surface area contributed by atoms with Crippen LogP contribution in [0.25, 0.3) is 0 Å². The smallest absolute Gasteiger partial charge is 0.152 e. The second-order valence-corrected chi connectivity index (χ2v) is 7.76. The fourth-order valence-corrected chi connectivity index (χ4v) is 3.83. The summed E-state index contributed by atoms with van der Waals surface area (Å²) >= 11 is 18.0. The first-order valence-electron chi connectivity index (χ1n) is 4.55. The van der Waals surface area contributed by atoms with Gasteiger partial charge in [0.15, 0.2) is 5.15 Å². The van der Waals surface area contributed by atoms with Gasteiger partial charge in [0.2, 0.25) is 0 Å². The van der Waals surface area contributed by atoms with Crippen LogP contribution >= 0.6 is 70.7 Å². The first-order chi connectivity index (χ1) is 8.06. The Morgan fingerprint density at radius 1 is 1.29 bits per heavy atom. The predicted octanol–water partition coefficient (Wildman–Crippen LogP) is 5.70. The Morgan fingerprint density at radius 2 is 2.06 bits per heavy atom. The van der Waals surface area contributed by atoms with E-state index in [2.05, 4.69) is 64.2 Å². The van der Waals surface area contributed by atoms with Gasteiger partial charge >= 0.3 is 0 Å². The second-order valence-electron chi connectivity index (χ2n) is 3.18. The van der Waals surface area contributed by atoms with Crippen molar-refractivity contribution < 1.29 is 0 Å². The Bertz CT molecular complexity index is 525. The number of thiophene rings is 1. The fraction of sp³-hybridized carbons (Fsp3) is 0.100. The molecule has 0 bridgehead atoms. The number of hydrogen-bond acceptors (Lipinski definition) is 3. The van der Waals surface area contributed by atoms with Crippen LogP contribution in [-0.4, -0.2) is 4.98 Å². The molecule has 0 aliphatic carbocycles. The number of aromatic nitrogens is 1. The van der Waals surface area contributed by atoms with Crippen LogP contribution in [0.3, 0.4) is 0 Å². The van der Waals surface area contributed by atoms with Crippen LogP contribution in [0.4, 0.5) is 5.69 Å². The molecule has 2 aromatic heterocycles. The molecule has 0 saturated heterocycles. The quantitative estimate of drug-likeness (QED) is 0.594. The molecule has 0 unspecified atom stereocenters. The van der Waals surface area contributed by atoms with Crippen LogP contribution in [0.2, 0.25) is 5.15 Å². The van der Waals surface area contributed by atoms with Crippen molar-refractivity contribution in [1.29, 1.82) is 0 Å². The van der Waals surface area contributed by atoms with Crippen LogP contribution in [-0.2, 0) is 6.54 Å². The average Bonchev–Trinajstić information content (AvgIpc) is 2.60. The van der Waals surface area contributed by atoms with Crippen LogP contribution in [0.15, 0.2) is 31.1 Å². The van der Waals surface area contributed by atoms with Crippen molar-refractivity contribution in [3.8, 4) is 0 Å². The standard InChI is InChI=1S/C10H6Br3ClN2S/c11-5-1-8(10(14)16-3-5)15-4-6-2-7(12)9(13)17-6/h1-3,15H,4H2. The summed E-state index contributed by atoms with van der Waals surface area (Å²) < 4.78 is 3.06. The summed E-state index contributed by atoms with van der Waals surface area (Å²) in [6.45, 7) is 0.715. The second kappa shape index (κ2) is 6.02. The van der Waals surface area contributed by atoms with E-state index in [1.54, 1.807) is 17.5 Å². The number of nitrogens with zero attached hydrogens (tertiary/aromatic N) is 1. The molecule has 0 aliphatic rings. The van der Waals surface area contributed by atoms with Crippen LogP contribution < -0.4 is 5.32 Å². The molecule has 1 N–H and O–H groups in total. The molecule has 0 radical (unpaired) electrons. The van der Waals surface area contributed by atoms with Crippen LogP contribution in [0.1, 0.15) is 4.88 Å². The molecule has 2 heterocycles. The minimum Gasteiger partial charge on any atom is -0.378 e. The van der Waals surface area contributed by atoms with Crippen molar-refractivity contribution >= 4 is 76.4 Å². The van der Waals surface area contributed by atoms with Crippen molar-refractivity contribution in [3.63, 3.8) is 0 Å². The number of rotatable bonds is 3. The molecular formula is C10H6Br3ClN2S. The molecule has 2 aromatic rings. The van der Waals surface area contributed by atoms with Gasteiger partial charge in [-0.3, -0.25) is 0 Å². The fourth-order valence-electron chi connectivity index (χ4n) is 1.21. The third-order valence-electron chi connectivity index (χ3n) is 1.95. The van der Waals surface area contributed by atoms with E-state index < -0.39 is 0 Å². The van der Waals surface area contributed by atoms with Gasteiger partial charge < -0.3 is 5.32 Å². The monoisotopic (exact) mass is 458 g/mol. The van der Waals surface area contributed by atoms with Gasteiger partial charge in [-0.1, -0.05) is 11.6 Å². The van der Waals surface area contributed by atoms with E-state index >= 15 is 0 Å². The lowest BCUT2D eigenvalue weighted by Gasteiger charge is -2.06. The predicted molar refractivity (Wildman–Crippen MR) is 84.0 cm³/mol. The Morgan fingerprint density at radius 3 is 2.71 bits per heavy atom. The third-order valence-corrected chi connectivity index (χ3v) is 5.95. The first-order valence-corrected chi connectivity index (χ1v) is 8.12. The highest BCUT2D eigenvalue weighted by atomic mass is 79.9. The highest BCUT2D eigenvalue weighted by Gasteiger charge is 2.06. The van der Waals surface area contributed by atoms with Gasteiger partial charge in [0.05, 0.1) is 9.47 Å². The molecule has 0 aromatic carbocycles. The lowest BCUT2D eigenvalue weighted by Crippen LogP contribution is -1.98. The maximum Gasteiger partial charge on any atom is 0.152 e. The maximum absolute atomic E-state index is 5.99. The van der Waals surface area contributed by atoms with Crippen molar-refractivity contribution in [1.82, 2.24) is 4.98 Å². The number of pyridine rings is 1. The van der Waals surface area contributed by atoms with E-state index in [1.807, 2.05) is 6.07 Å². The Kier molecular flexibility index (Phi) is 4.88. The van der Waals surface area contributed by atoms with E-state index in [0.717, 1.165) is 18.4 Å². The van der Waals surface area contributed by atoms with Crippen molar-refractivity contribution in [3.05, 3.63) is 41.1 Å². The van der Waals surface area contributed by atoms with Gasteiger partial charge in [-0.2, -0.15) is 0 Å². The third kappa shape index (κ3) is 3.67. The summed E-state index contributed by atoms with van der Waals surface area (Å²) in [6.07, 6.45) is 1.67. The zero-order chi connectivity index (χ0) is 12.4. The van der Waals surface area contributed by atoms with Gasteiger partial charge in [-0.05, 0) is 59.9 Å². The lowest BCUT2D eigenvalue weighted by molar-refractivity contribution is 1.17. The van der Waals surface area contributed by atoms with E-state index in [4.69, 9.17) is 11.6 Å². The van der Waals surface area contributed by atoms with Crippen molar-refractivity contribution in [2.24, 2.45) is 0 Å². The molecule has 90 valence electrons. The molecule has 2 rings (SSSR count). The SMILES string of the molecule is Clc1ncc(Br)cc1NCc1cc(Br)c(Br)s1. The minimum absolute atomic E-state index is 0.475. The molecule has 0 aliphatic heterocycles. The van der Waals surface area contributed by atoms with Crippen molar-refractivity contribution in [2.75, 3.05) is 5.32 Å². The summed E-state index contributed by atoms with van der Waals surface area (Å²) in [5.41, 5.74) is 0.821. The van der Waals surface area contributed by atoms with E-state index in [-0.39, 0.29) is 0 Å². The molecule has 0 spiro atoms. The van der Waals surface area contributed by atoms with Gasteiger partial charge in [0.25, 0.3) is 0 Å². The Labute approximate surface area is 133 Å². The molecule has 0 saturated carbocycles. The van der Waals surface area contributed by atoms with Gasteiger partial charge in [0, 0.05) is 26.6 Å². The zero-order valence-corrected chi connectivity index (χ0v) is 14.6. The summed E-state index contributed by atoms with van der Waals surface area (Å²) in [6, 6.07) is 3.98. The highest BCUT2D eigenvalue weighted by molar-refractivity contribution is 9.13. The lowest BCUT2D eigenvalue weighted by atomic mass is 10.4. The zero-order valence-electron chi connectivity index (χ0n) is 8.31. The molecule has 0 amide bonds. The van der Waals surface area contributed by atoms with E-state index in [0.29, 0.717) is 11.7 Å². The van der Waals surface area contributed by atoms with Gasteiger partial charge in [-0.25, -0.2) is 4.98 Å². The average molecular weight is 461 g/mol. The van der Waals surface area contributed by atoms with Gasteiger partial charge in [-0.15, -0.1) is 11.3 Å². The molecule has 17 heavy (non-hydrogen) atoms. The van der Waals surface area contributed by atoms with E-state index in [9.17, 15) is 0 Å². The summed E-state index contributed by atoms with van der Waals surface area (Å²) in [5.74, 6) is 0. The molecule has 7 heteroatoms. The normalized spacial score (nSPS) is 10.6. The molecule has 0 atom stereocenters. The number of hydrogen-bond donors (Lipinski definition) is 1. The largest absolute Gasteiger partial charge is 0.378 e. The van der Waals surface area contributed by atoms with Gasteiger partial charge in [0.1, 0.15) is 0 Å². The molecular weight excluding hydrogens is 455 g/mol. The summed E-state index contributed by atoms with van der Waals surface area (Å²) in [7, 11) is 0. The van der Waals surface area contributed by atoms with Crippen LogP contribution in [0.5, 0.6) is 0 Å².